The zero-order chi connectivity index (χ0) is 10.3. The predicted octanol–water partition coefficient (Wildman–Crippen LogP) is 0.109. The molecule has 13 heavy (non-hydrogen) atoms. The van der Waals surface area contributed by atoms with Crippen LogP contribution in [-0.2, 0) is 23.8 Å². The van der Waals surface area contributed by atoms with E-state index in [-0.39, 0.29) is 6.61 Å². The Labute approximate surface area is 76.3 Å². The van der Waals surface area contributed by atoms with E-state index in [9.17, 15) is 9.59 Å². The van der Waals surface area contributed by atoms with Crippen LogP contribution >= 0.6 is 0 Å². The monoisotopic (exact) mass is 188 g/mol. The first kappa shape index (κ1) is 11.5. The third-order valence-electron chi connectivity index (χ3n) is 1.35. The van der Waals surface area contributed by atoms with Gasteiger partial charge < -0.3 is 14.2 Å². The van der Waals surface area contributed by atoms with Crippen LogP contribution in [0.5, 0.6) is 0 Å². The molecule has 0 N–H and O–H groups in total. The lowest BCUT2D eigenvalue weighted by Crippen LogP contribution is -2.30. The summed E-state index contributed by atoms with van der Waals surface area (Å²) < 4.78 is 13.5. The van der Waals surface area contributed by atoms with Crippen LogP contribution < -0.4 is 0 Å². The van der Waals surface area contributed by atoms with E-state index in [4.69, 9.17) is 4.74 Å². The summed E-state index contributed by atoms with van der Waals surface area (Å²) in [6.45, 7) is 3.15. The zero-order valence-electron chi connectivity index (χ0n) is 7.61. The molecule has 0 amide bonds. The summed E-state index contributed by atoms with van der Waals surface area (Å²) >= 11 is 0. The maximum atomic E-state index is 11.0. The Bertz CT molecular complexity index is 183. The second-order valence-electron chi connectivity index (χ2n) is 2.10. The van der Waals surface area contributed by atoms with E-state index >= 15 is 0 Å². The number of esters is 2. The van der Waals surface area contributed by atoms with Gasteiger partial charge in [0.15, 0.2) is 5.92 Å². The van der Waals surface area contributed by atoms with E-state index in [0.29, 0.717) is 0 Å². The molecule has 0 rings (SSSR count). The number of ether oxygens (including phenoxy) is 3. The standard InChI is InChI=1S/C8H12O5/c1-4-13-5-6(7(9)11-2)8(10)12-3/h4,6H,1,5H2,2-3H3. The van der Waals surface area contributed by atoms with Crippen LogP contribution in [0.2, 0.25) is 0 Å². The highest BCUT2D eigenvalue weighted by atomic mass is 16.5. The molecular weight excluding hydrogens is 176 g/mol. The van der Waals surface area contributed by atoms with Crippen LogP contribution in [0.15, 0.2) is 12.8 Å². The van der Waals surface area contributed by atoms with Crippen LogP contribution in [0.4, 0.5) is 0 Å². The van der Waals surface area contributed by atoms with E-state index in [1.807, 2.05) is 0 Å². The molecule has 0 aliphatic rings. The number of rotatable bonds is 5. The lowest BCUT2D eigenvalue weighted by atomic mass is 10.2. The average molecular weight is 188 g/mol. The molecule has 0 aromatic heterocycles. The smallest absolute Gasteiger partial charge is 0.323 e. The van der Waals surface area contributed by atoms with Gasteiger partial charge in [0.25, 0.3) is 0 Å². The summed E-state index contributed by atoms with van der Waals surface area (Å²) in [5, 5.41) is 0. The molecule has 0 unspecified atom stereocenters. The molecule has 5 heteroatoms. The molecule has 5 nitrogen and oxygen atoms in total. The molecule has 0 atom stereocenters. The van der Waals surface area contributed by atoms with Gasteiger partial charge >= 0.3 is 11.9 Å². The van der Waals surface area contributed by atoms with Crippen molar-refractivity contribution in [3.05, 3.63) is 12.8 Å². The Kier molecular flexibility index (Phi) is 5.34. The molecule has 0 aromatic carbocycles. The fourth-order valence-electron chi connectivity index (χ4n) is 0.681. The molecular formula is C8H12O5. The number of carbonyl (C=O) groups excluding carboxylic acids is 2. The molecule has 0 aromatic rings. The Hall–Kier alpha value is -1.52. The van der Waals surface area contributed by atoms with Gasteiger partial charge in [-0.3, -0.25) is 9.59 Å². The highest BCUT2D eigenvalue weighted by Gasteiger charge is 2.28. The number of methoxy groups -OCH3 is 2. The van der Waals surface area contributed by atoms with Crippen molar-refractivity contribution in [2.75, 3.05) is 20.8 Å². The largest absolute Gasteiger partial charge is 0.500 e. The average Bonchev–Trinajstić information content (AvgIpc) is 2.17. The van der Waals surface area contributed by atoms with Crippen molar-refractivity contribution in [1.82, 2.24) is 0 Å². The normalized spacial score (nSPS) is 9.15. The highest BCUT2D eigenvalue weighted by Crippen LogP contribution is 2.03. The van der Waals surface area contributed by atoms with Gasteiger partial charge in [-0.15, -0.1) is 0 Å². The Morgan fingerprint density at radius 1 is 1.31 bits per heavy atom. The van der Waals surface area contributed by atoms with Gasteiger partial charge in [0, 0.05) is 0 Å². The minimum absolute atomic E-state index is 0.122. The molecule has 0 spiro atoms. The fourth-order valence-corrected chi connectivity index (χ4v) is 0.681. The zero-order valence-corrected chi connectivity index (χ0v) is 7.61. The molecule has 0 fully saturated rings. The number of carbonyl (C=O) groups is 2. The van der Waals surface area contributed by atoms with Gasteiger partial charge in [0.05, 0.1) is 20.5 Å². The predicted molar refractivity (Wildman–Crippen MR) is 43.7 cm³/mol. The summed E-state index contributed by atoms with van der Waals surface area (Å²) in [4.78, 5) is 22.0. The van der Waals surface area contributed by atoms with Crippen LogP contribution in [0, 0.1) is 5.92 Å². The first-order valence-corrected chi connectivity index (χ1v) is 3.55. The molecule has 0 radical (unpaired) electrons. The summed E-state index contributed by atoms with van der Waals surface area (Å²) in [7, 11) is 2.37. The van der Waals surface area contributed by atoms with E-state index in [1.54, 1.807) is 0 Å². The third-order valence-corrected chi connectivity index (χ3v) is 1.35. The minimum Gasteiger partial charge on any atom is -0.500 e. The Morgan fingerprint density at radius 2 is 1.77 bits per heavy atom. The van der Waals surface area contributed by atoms with Crippen molar-refractivity contribution >= 4 is 11.9 Å². The third kappa shape index (κ3) is 3.59. The van der Waals surface area contributed by atoms with Gasteiger partial charge in [-0.1, -0.05) is 6.58 Å². The van der Waals surface area contributed by atoms with E-state index in [0.717, 1.165) is 6.26 Å². The quantitative estimate of drug-likeness (QED) is 0.348. The number of hydrogen-bond donors (Lipinski definition) is 0. The van der Waals surface area contributed by atoms with Crippen molar-refractivity contribution in [2.45, 2.75) is 0 Å². The second-order valence-corrected chi connectivity index (χ2v) is 2.10. The van der Waals surface area contributed by atoms with Crippen LogP contribution in [0.25, 0.3) is 0 Å². The summed E-state index contributed by atoms with van der Waals surface area (Å²) in [5.74, 6) is -2.42. The van der Waals surface area contributed by atoms with Gasteiger partial charge in [0.2, 0.25) is 0 Å². The second kappa shape index (κ2) is 6.05. The Morgan fingerprint density at radius 3 is 2.08 bits per heavy atom. The molecule has 74 valence electrons. The first-order chi connectivity index (χ1) is 6.17. The Balaban J connectivity index is 4.26. The van der Waals surface area contributed by atoms with Crippen molar-refractivity contribution in [1.29, 1.82) is 0 Å². The van der Waals surface area contributed by atoms with Gasteiger partial charge in [-0.25, -0.2) is 0 Å². The molecule has 0 saturated carbocycles. The van der Waals surface area contributed by atoms with Gasteiger partial charge in [-0.05, 0) is 0 Å². The first-order valence-electron chi connectivity index (χ1n) is 3.55. The van der Waals surface area contributed by atoms with Gasteiger partial charge in [0.1, 0.15) is 6.61 Å². The molecule has 0 bridgehead atoms. The molecule has 0 aliphatic carbocycles. The van der Waals surface area contributed by atoms with Crippen molar-refractivity contribution < 1.29 is 23.8 Å². The van der Waals surface area contributed by atoms with Gasteiger partial charge in [-0.2, -0.15) is 0 Å². The van der Waals surface area contributed by atoms with E-state index in [1.165, 1.54) is 14.2 Å². The maximum absolute atomic E-state index is 11.0. The van der Waals surface area contributed by atoms with E-state index < -0.39 is 17.9 Å². The summed E-state index contributed by atoms with van der Waals surface area (Å²) in [6, 6.07) is 0. The molecule has 0 aliphatic heterocycles. The van der Waals surface area contributed by atoms with Crippen LogP contribution in [0.3, 0.4) is 0 Å². The molecule has 0 saturated heterocycles. The maximum Gasteiger partial charge on any atom is 0.323 e. The fraction of sp³-hybridized carbons (Fsp3) is 0.500. The number of hydrogen-bond acceptors (Lipinski definition) is 5. The summed E-state index contributed by atoms with van der Waals surface area (Å²) in [6.07, 6.45) is 1.14. The topological polar surface area (TPSA) is 61.8 Å². The van der Waals surface area contributed by atoms with E-state index in [2.05, 4.69) is 16.1 Å². The lowest BCUT2D eigenvalue weighted by Gasteiger charge is -2.10. The highest BCUT2D eigenvalue weighted by molar-refractivity contribution is 5.94. The summed E-state index contributed by atoms with van der Waals surface area (Å²) in [5.41, 5.74) is 0. The SMILES string of the molecule is C=COCC(C(=O)OC)C(=O)OC. The lowest BCUT2D eigenvalue weighted by molar-refractivity contribution is -0.160. The molecule has 0 heterocycles. The minimum atomic E-state index is -1.05. The van der Waals surface area contributed by atoms with Crippen molar-refractivity contribution in [3.63, 3.8) is 0 Å². The van der Waals surface area contributed by atoms with Crippen molar-refractivity contribution in [3.8, 4) is 0 Å². The van der Waals surface area contributed by atoms with Crippen LogP contribution in [-0.4, -0.2) is 32.8 Å². The van der Waals surface area contributed by atoms with Crippen molar-refractivity contribution in [2.24, 2.45) is 5.92 Å². The van der Waals surface area contributed by atoms with Crippen LogP contribution in [0.1, 0.15) is 0 Å².